The molecule has 1 amide bonds. The lowest BCUT2D eigenvalue weighted by Gasteiger charge is -2.12. The zero-order valence-electron chi connectivity index (χ0n) is 10.1. The molecule has 1 aromatic rings. The predicted molar refractivity (Wildman–Crippen MR) is 68.9 cm³/mol. The van der Waals surface area contributed by atoms with Crippen LogP contribution in [0.5, 0.6) is 0 Å². The number of benzene rings is 1. The summed E-state index contributed by atoms with van der Waals surface area (Å²) in [6.45, 7) is 1.53. The van der Waals surface area contributed by atoms with E-state index in [4.69, 9.17) is 5.73 Å². The van der Waals surface area contributed by atoms with Crippen LogP contribution in [0.15, 0.2) is 24.3 Å². The number of nitrogens with one attached hydrogen (secondary N) is 1. The fourth-order valence-corrected chi connectivity index (χ4v) is 2.20. The number of para-hydroxylation sites is 1. The Labute approximate surface area is 102 Å². The van der Waals surface area contributed by atoms with E-state index >= 15 is 0 Å². The monoisotopic (exact) mass is 233 g/mol. The van der Waals surface area contributed by atoms with Gasteiger partial charge in [0.05, 0.1) is 0 Å². The Morgan fingerprint density at radius 1 is 1.35 bits per heavy atom. The lowest BCUT2D eigenvalue weighted by molar-refractivity contribution is -0.119. The van der Waals surface area contributed by atoms with E-state index in [0.717, 1.165) is 30.6 Å². The molecule has 0 radical (unpaired) electrons. The molecule has 0 saturated carbocycles. The normalized spacial score (nSPS) is 18.6. The first kappa shape index (κ1) is 12.1. The second-order valence-electron chi connectivity index (χ2n) is 4.34. The maximum atomic E-state index is 12.1. The van der Waals surface area contributed by atoms with E-state index in [9.17, 15) is 4.79 Å². The van der Waals surface area contributed by atoms with Gasteiger partial charge in [0.1, 0.15) is 6.04 Å². The van der Waals surface area contributed by atoms with Gasteiger partial charge < -0.3 is 16.0 Å². The number of amides is 1. The molecule has 17 heavy (non-hydrogen) atoms. The molecular weight excluding hydrogens is 214 g/mol. The molecule has 0 aromatic heterocycles. The molecule has 1 aliphatic heterocycles. The maximum Gasteiger partial charge on any atom is 0.248 e. The Kier molecular flexibility index (Phi) is 3.76. The number of unbranched alkanes of at least 4 members (excludes halogenated alkanes) is 1. The molecule has 3 N–H and O–H groups in total. The van der Waals surface area contributed by atoms with Crippen LogP contribution in [0.4, 0.5) is 5.69 Å². The zero-order valence-corrected chi connectivity index (χ0v) is 10.1. The summed E-state index contributed by atoms with van der Waals surface area (Å²) < 4.78 is 0. The molecule has 0 bridgehead atoms. The van der Waals surface area contributed by atoms with Crippen LogP contribution in [0.1, 0.15) is 24.4 Å². The van der Waals surface area contributed by atoms with Crippen LogP contribution in [0.3, 0.4) is 0 Å². The van der Waals surface area contributed by atoms with Gasteiger partial charge in [0.2, 0.25) is 5.91 Å². The molecule has 1 heterocycles. The average molecular weight is 233 g/mol. The van der Waals surface area contributed by atoms with Crippen molar-refractivity contribution in [2.24, 2.45) is 5.73 Å². The van der Waals surface area contributed by atoms with Crippen LogP contribution in [0.2, 0.25) is 0 Å². The first-order valence-corrected chi connectivity index (χ1v) is 6.05. The minimum Gasteiger partial charge on any atom is -0.330 e. The standard InChI is InChI=1S/C13H19N3O/c1-16-11-7-3-2-6-10(11)12(13(16)17)15-9-5-4-8-14/h2-3,6-7,12,15H,4-5,8-9,14H2,1H3. The van der Waals surface area contributed by atoms with Crippen LogP contribution in [0, 0.1) is 0 Å². The van der Waals surface area contributed by atoms with Crippen molar-refractivity contribution in [3.8, 4) is 0 Å². The number of fused-ring (bicyclic) bond motifs is 1. The smallest absolute Gasteiger partial charge is 0.248 e. The van der Waals surface area contributed by atoms with Crippen molar-refractivity contribution in [2.45, 2.75) is 18.9 Å². The van der Waals surface area contributed by atoms with Crippen molar-refractivity contribution >= 4 is 11.6 Å². The van der Waals surface area contributed by atoms with Crippen LogP contribution >= 0.6 is 0 Å². The van der Waals surface area contributed by atoms with E-state index in [1.54, 1.807) is 4.90 Å². The number of rotatable bonds is 5. The molecule has 1 aromatic carbocycles. The summed E-state index contributed by atoms with van der Waals surface area (Å²) in [6, 6.07) is 7.74. The van der Waals surface area contributed by atoms with Gasteiger partial charge in [-0.05, 0) is 32.0 Å². The van der Waals surface area contributed by atoms with E-state index in [1.165, 1.54) is 0 Å². The Hall–Kier alpha value is -1.39. The molecule has 4 heteroatoms. The Bertz CT molecular complexity index is 405. The Morgan fingerprint density at radius 2 is 2.12 bits per heavy atom. The molecular formula is C13H19N3O. The van der Waals surface area contributed by atoms with Crippen molar-refractivity contribution in [1.29, 1.82) is 0 Å². The molecule has 1 unspecified atom stereocenters. The molecule has 0 fully saturated rings. The summed E-state index contributed by atoms with van der Waals surface area (Å²) in [5.74, 6) is 0.124. The first-order valence-electron chi connectivity index (χ1n) is 6.05. The van der Waals surface area contributed by atoms with Gasteiger partial charge in [-0.3, -0.25) is 4.79 Å². The fraction of sp³-hybridized carbons (Fsp3) is 0.462. The number of anilines is 1. The van der Waals surface area contributed by atoms with Crippen molar-refractivity contribution in [3.63, 3.8) is 0 Å². The summed E-state index contributed by atoms with van der Waals surface area (Å²) in [5.41, 5.74) is 7.53. The highest BCUT2D eigenvalue weighted by molar-refractivity contribution is 6.04. The van der Waals surface area contributed by atoms with Gasteiger partial charge in [0.25, 0.3) is 0 Å². The van der Waals surface area contributed by atoms with Gasteiger partial charge in [-0.25, -0.2) is 0 Å². The molecule has 1 atom stereocenters. The predicted octanol–water partition coefficient (Wildman–Crippen LogP) is 1.03. The van der Waals surface area contributed by atoms with Crippen molar-refractivity contribution < 1.29 is 4.79 Å². The van der Waals surface area contributed by atoms with Gasteiger partial charge in [-0.15, -0.1) is 0 Å². The van der Waals surface area contributed by atoms with Gasteiger partial charge in [0.15, 0.2) is 0 Å². The minimum atomic E-state index is -0.186. The second-order valence-corrected chi connectivity index (χ2v) is 4.34. The minimum absolute atomic E-state index is 0.124. The Morgan fingerprint density at radius 3 is 2.88 bits per heavy atom. The van der Waals surface area contributed by atoms with Gasteiger partial charge in [0, 0.05) is 18.3 Å². The van der Waals surface area contributed by atoms with Gasteiger partial charge >= 0.3 is 0 Å². The fourth-order valence-electron chi connectivity index (χ4n) is 2.20. The van der Waals surface area contributed by atoms with Crippen LogP contribution in [-0.2, 0) is 4.79 Å². The third-order valence-corrected chi connectivity index (χ3v) is 3.17. The number of nitrogens with two attached hydrogens (primary N) is 1. The van der Waals surface area contributed by atoms with E-state index in [1.807, 2.05) is 31.3 Å². The van der Waals surface area contributed by atoms with Crippen LogP contribution in [0.25, 0.3) is 0 Å². The number of hydrogen-bond acceptors (Lipinski definition) is 3. The van der Waals surface area contributed by atoms with E-state index in [0.29, 0.717) is 6.54 Å². The lowest BCUT2D eigenvalue weighted by atomic mass is 10.1. The highest BCUT2D eigenvalue weighted by atomic mass is 16.2. The molecule has 1 aliphatic rings. The topological polar surface area (TPSA) is 58.4 Å². The summed E-state index contributed by atoms with van der Waals surface area (Å²) in [7, 11) is 1.82. The molecule has 0 saturated heterocycles. The van der Waals surface area contributed by atoms with Crippen molar-refractivity contribution in [1.82, 2.24) is 5.32 Å². The molecule has 0 aliphatic carbocycles. The quantitative estimate of drug-likeness (QED) is 0.747. The van der Waals surface area contributed by atoms with Crippen molar-refractivity contribution in [2.75, 3.05) is 25.0 Å². The molecule has 92 valence electrons. The third kappa shape index (κ3) is 2.33. The molecule has 4 nitrogen and oxygen atoms in total. The van der Waals surface area contributed by atoms with E-state index in [2.05, 4.69) is 5.32 Å². The number of likely N-dealkylation sites (N-methyl/N-ethyl adjacent to an activating group) is 1. The maximum absolute atomic E-state index is 12.1. The number of hydrogen-bond donors (Lipinski definition) is 2. The molecule has 2 rings (SSSR count). The number of carbonyl (C=O) groups excluding carboxylic acids is 1. The summed E-state index contributed by atoms with van der Waals surface area (Å²) in [6.07, 6.45) is 2.00. The summed E-state index contributed by atoms with van der Waals surface area (Å²) in [4.78, 5) is 13.8. The van der Waals surface area contributed by atoms with Crippen LogP contribution in [-0.4, -0.2) is 26.0 Å². The number of nitrogens with zero attached hydrogens (tertiary/aromatic N) is 1. The van der Waals surface area contributed by atoms with Crippen molar-refractivity contribution in [3.05, 3.63) is 29.8 Å². The largest absolute Gasteiger partial charge is 0.330 e. The highest BCUT2D eigenvalue weighted by Crippen LogP contribution is 2.34. The highest BCUT2D eigenvalue weighted by Gasteiger charge is 2.33. The zero-order chi connectivity index (χ0) is 12.3. The van der Waals surface area contributed by atoms with E-state index < -0.39 is 0 Å². The van der Waals surface area contributed by atoms with Gasteiger partial charge in [-0.1, -0.05) is 18.2 Å². The summed E-state index contributed by atoms with van der Waals surface area (Å²) in [5, 5.41) is 3.31. The average Bonchev–Trinajstić information content (AvgIpc) is 2.60. The van der Waals surface area contributed by atoms with E-state index in [-0.39, 0.29) is 11.9 Å². The Balaban J connectivity index is 2.05. The SMILES string of the molecule is CN1C(=O)C(NCCCCN)c2ccccc21. The van der Waals surface area contributed by atoms with Gasteiger partial charge in [-0.2, -0.15) is 0 Å². The second kappa shape index (κ2) is 5.29. The first-order chi connectivity index (χ1) is 8.25. The molecule has 0 spiro atoms. The van der Waals surface area contributed by atoms with Crippen LogP contribution < -0.4 is 16.0 Å². The third-order valence-electron chi connectivity index (χ3n) is 3.17. The lowest BCUT2D eigenvalue weighted by Crippen LogP contribution is -2.32. The summed E-state index contributed by atoms with van der Waals surface area (Å²) >= 11 is 0. The number of carbonyl (C=O) groups is 1.